The van der Waals surface area contributed by atoms with Gasteiger partial charge in [-0.25, -0.2) is 4.98 Å². The highest BCUT2D eigenvalue weighted by atomic mass is 16.6. The number of ether oxygens (including phenoxy) is 1. The molecule has 43 heavy (non-hydrogen) atoms. The molecule has 5 N–H and O–H groups in total. The van der Waals surface area contributed by atoms with Crippen LogP contribution in [0.25, 0.3) is 11.2 Å². The minimum atomic E-state index is -1.47. The molecule has 12 heteroatoms. The van der Waals surface area contributed by atoms with Crippen molar-refractivity contribution in [3.63, 3.8) is 0 Å². The van der Waals surface area contributed by atoms with E-state index in [0.717, 1.165) is 24.1 Å². The number of carbonyl (C=O) groups is 1. The molecule has 1 saturated heterocycles. The third kappa shape index (κ3) is 6.94. The number of aliphatic hydroxyl groups excluding tert-OH is 2. The van der Waals surface area contributed by atoms with E-state index < -0.39 is 30.4 Å². The number of imidazole rings is 1. The number of amides is 1. The molecule has 1 fully saturated rings. The average molecular weight is 590 g/mol. The fraction of sp³-hybridized carbons (Fsp3) is 0.419. The maximum atomic E-state index is 12.6. The summed E-state index contributed by atoms with van der Waals surface area (Å²) >= 11 is 0. The predicted octanol–water partition coefficient (Wildman–Crippen LogP) is 2.19. The lowest BCUT2D eigenvalue weighted by molar-refractivity contribution is -0.137. The smallest absolute Gasteiger partial charge is 0.252 e. The number of likely N-dealkylation sites (N-methyl/N-ethyl adjacent to an activating group) is 1. The molecule has 2 aromatic heterocycles. The maximum Gasteiger partial charge on any atom is 0.252 e. The monoisotopic (exact) mass is 589 g/mol. The molecule has 5 rings (SSSR count). The van der Waals surface area contributed by atoms with Crippen LogP contribution < -0.4 is 16.0 Å². The van der Waals surface area contributed by atoms with Gasteiger partial charge in [-0.1, -0.05) is 60.7 Å². The molecule has 4 aromatic rings. The van der Waals surface area contributed by atoms with Gasteiger partial charge in [0, 0.05) is 26.9 Å². The predicted molar refractivity (Wildman–Crippen MR) is 165 cm³/mol. The number of nitrogens with zero attached hydrogens (tertiary/aromatic N) is 5. The molecule has 0 bridgehead atoms. The van der Waals surface area contributed by atoms with E-state index in [1.807, 2.05) is 50.5 Å². The number of benzene rings is 2. The lowest BCUT2D eigenvalue weighted by atomic mass is 9.91. The molecule has 4 atom stereocenters. The Kier molecular flexibility index (Phi) is 9.38. The molecule has 1 unspecified atom stereocenters. The summed E-state index contributed by atoms with van der Waals surface area (Å²) in [5.74, 6) is 0.302. The molecule has 0 spiro atoms. The highest BCUT2D eigenvalue weighted by Gasteiger charge is 2.47. The van der Waals surface area contributed by atoms with Crippen LogP contribution in [-0.4, -0.2) is 99.1 Å². The summed E-state index contributed by atoms with van der Waals surface area (Å²) in [4.78, 5) is 28.7. The van der Waals surface area contributed by atoms with Gasteiger partial charge in [-0.3, -0.25) is 9.36 Å². The van der Waals surface area contributed by atoms with Crippen LogP contribution in [0.3, 0.4) is 0 Å². The Balaban J connectivity index is 1.46. The number of fused-ring (bicyclic) bond motifs is 1. The number of aliphatic hydroxyl groups is 2. The van der Waals surface area contributed by atoms with Crippen LogP contribution in [0, 0.1) is 0 Å². The maximum absolute atomic E-state index is 12.6. The first kappa shape index (κ1) is 29.0. The van der Waals surface area contributed by atoms with Crippen molar-refractivity contribution in [2.75, 3.05) is 50.9 Å². The molecule has 3 heterocycles. The lowest BCUT2D eigenvalue weighted by Gasteiger charge is -2.20. The van der Waals surface area contributed by atoms with Crippen molar-refractivity contribution in [3.05, 3.63) is 78.1 Å². The fourth-order valence-electron chi connectivity index (χ4n) is 5.23. The van der Waals surface area contributed by atoms with E-state index in [1.54, 1.807) is 0 Å². The molecule has 228 valence electrons. The Morgan fingerprint density at radius 2 is 1.74 bits per heavy atom. The third-order valence-corrected chi connectivity index (χ3v) is 7.43. The second-order valence-electron chi connectivity index (χ2n) is 10.8. The van der Waals surface area contributed by atoms with Gasteiger partial charge >= 0.3 is 0 Å². The number of hydrogen-bond acceptors (Lipinski definition) is 10. The molecular formula is C31H40N8O4. The Morgan fingerprint density at radius 1 is 1.05 bits per heavy atom. The molecule has 2 aromatic carbocycles. The molecule has 0 aliphatic carbocycles. The van der Waals surface area contributed by atoms with Gasteiger partial charge in [-0.2, -0.15) is 9.97 Å². The van der Waals surface area contributed by atoms with Crippen LogP contribution in [0.2, 0.25) is 0 Å². The Hall–Kier alpha value is -4.10. The van der Waals surface area contributed by atoms with E-state index in [9.17, 15) is 15.0 Å². The van der Waals surface area contributed by atoms with E-state index in [2.05, 4.69) is 50.1 Å². The second kappa shape index (κ2) is 13.9. The van der Waals surface area contributed by atoms with E-state index in [4.69, 9.17) is 16.1 Å². The summed E-state index contributed by atoms with van der Waals surface area (Å²) in [6.07, 6.45) is -2.97. The van der Waals surface area contributed by atoms with E-state index in [1.165, 1.54) is 10.9 Å². The van der Waals surface area contributed by atoms with Crippen molar-refractivity contribution in [3.8, 4) is 0 Å². The molecule has 0 radical (unpaired) electrons. The molecule has 12 nitrogen and oxygen atoms in total. The first-order chi connectivity index (χ1) is 21.4. The minimum absolute atomic E-state index is 0.0148. The van der Waals surface area contributed by atoms with Crippen molar-refractivity contribution in [2.45, 2.75) is 43.8 Å². The number of hydrogen-bond donors (Lipinski definition) is 5. The minimum Gasteiger partial charge on any atom is -0.387 e. The lowest BCUT2D eigenvalue weighted by Crippen LogP contribution is -2.42. The SMILES string of the molecule is [2H]CCNC(=O)[C@H]1OC(n2cnc3c(NCC(c4ccccc4)c4ccccc4)nc(NCCCN(C)C)nc32)[C@H](O)[C@@H]1O. The number of anilines is 2. The number of carbonyl (C=O) groups excluding carboxylic acids is 1. The standard InChI is InChI=1S/C31H40N8O4/c1-4-32-29(42)26-24(40)25(41)30(43-26)39-19-35-23-27(36-31(37-28(23)39)33-16-11-17-38(2)3)34-18-22(20-12-7-5-8-13-20)21-14-9-6-10-15-21/h5-10,12-15,19,22,24-26,30,40-41H,4,11,16-18H2,1-3H3,(H,32,42)(H2,33,34,36,37)/t24-,25+,26-,30?/m0/s1/i1D. The highest BCUT2D eigenvalue weighted by molar-refractivity contribution is 5.85. The molecule has 1 aliphatic heterocycles. The summed E-state index contributed by atoms with van der Waals surface area (Å²) in [7, 11) is 4.03. The summed E-state index contributed by atoms with van der Waals surface area (Å²) < 4.78 is 14.6. The second-order valence-corrected chi connectivity index (χ2v) is 10.8. The Morgan fingerprint density at radius 3 is 2.40 bits per heavy atom. The van der Waals surface area contributed by atoms with Gasteiger partial charge in [0.05, 0.1) is 6.33 Å². The molecule has 1 amide bonds. The zero-order valence-corrected chi connectivity index (χ0v) is 24.4. The normalized spacial score (nSPS) is 20.5. The Bertz CT molecular complexity index is 1470. The zero-order chi connectivity index (χ0) is 31.1. The first-order valence-corrected chi connectivity index (χ1v) is 14.4. The highest BCUT2D eigenvalue weighted by Crippen LogP contribution is 2.33. The summed E-state index contributed by atoms with van der Waals surface area (Å²) in [5.41, 5.74) is 3.12. The summed E-state index contributed by atoms with van der Waals surface area (Å²) in [5, 5.41) is 30.9. The van der Waals surface area contributed by atoms with Gasteiger partial charge in [-0.15, -0.1) is 0 Å². The Labute approximate surface area is 252 Å². The van der Waals surface area contributed by atoms with E-state index in [-0.39, 0.29) is 19.4 Å². The largest absolute Gasteiger partial charge is 0.387 e. The summed E-state index contributed by atoms with van der Waals surface area (Å²) in [6.45, 7) is 2.13. The topological polar surface area (TPSA) is 150 Å². The van der Waals surface area contributed by atoms with E-state index >= 15 is 0 Å². The van der Waals surface area contributed by atoms with Crippen molar-refractivity contribution >= 4 is 28.8 Å². The van der Waals surface area contributed by atoms with Crippen LogP contribution in [0.1, 0.15) is 38.0 Å². The van der Waals surface area contributed by atoms with E-state index in [0.29, 0.717) is 36.0 Å². The molecule has 0 saturated carbocycles. The van der Waals surface area contributed by atoms with Crippen molar-refractivity contribution in [2.24, 2.45) is 0 Å². The molecular weight excluding hydrogens is 548 g/mol. The van der Waals surface area contributed by atoms with Crippen molar-refractivity contribution in [1.29, 1.82) is 0 Å². The zero-order valence-electron chi connectivity index (χ0n) is 25.4. The van der Waals surface area contributed by atoms with Gasteiger partial charge < -0.3 is 35.8 Å². The summed E-state index contributed by atoms with van der Waals surface area (Å²) in [6, 6.07) is 20.5. The van der Waals surface area contributed by atoms with Crippen LogP contribution in [0.4, 0.5) is 11.8 Å². The fourth-order valence-corrected chi connectivity index (χ4v) is 5.23. The van der Waals surface area contributed by atoms with Crippen molar-refractivity contribution < 1.29 is 21.1 Å². The average Bonchev–Trinajstić information content (AvgIpc) is 3.59. The van der Waals surface area contributed by atoms with Crippen molar-refractivity contribution in [1.82, 2.24) is 29.7 Å². The van der Waals surface area contributed by atoms with Gasteiger partial charge in [0.15, 0.2) is 29.3 Å². The van der Waals surface area contributed by atoms with Crippen LogP contribution in [0.5, 0.6) is 0 Å². The first-order valence-electron chi connectivity index (χ1n) is 15.1. The van der Waals surface area contributed by atoms with Crippen LogP contribution in [-0.2, 0) is 9.53 Å². The number of rotatable bonds is 13. The van der Waals surface area contributed by atoms with Gasteiger partial charge in [0.25, 0.3) is 5.91 Å². The van der Waals surface area contributed by atoms with Crippen LogP contribution >= 0.6 is 0 Å². The number of nitrogens with one attached hydrogen (secondary N) is 3. The van der Waals surface area contributed by atoms with Crippen LogP contribution in [0.15, 0.2) is 67.0 Å². The van der Waals surface area contributed by atoms with Gasteiger partial charge in [0.2, 0.25) is 5.95 Å². The number of aromatic nitrogens is 4. The van der Waals surface area contributed by atoms with Gasteiger partial charge in [-0.05, 0) is 45.1 Å². The third-order valence-electron chi connectivity index (χ3n) is 7.43. The van der Waals surface area contributed by atoms with Gasteiger partial charge in [0.1, 0.15) is 12.2 Å². The quantitative estimate of drug-likeness (QED) is 0.147. The molecule has 1 aliphatic rings.